The summed E-state index contributed by atoms with van der Waals surface area (Å²) in [5.74, 6) is 1.49. The first kappa shape index (κ1) is 21.2. The van der Waals surface area contributed by atoms with Crippen molar-refractivity contribution in [3.8, 4) is 23.2 Å². The quantitative estimate of drug-likeness (QED) is 0.604. The van der Waals surface area contributed by atoms with Crippen molar-refractivity contribution in [1.82, 2.24) is 29.4 Å². The average Bonchev–Trinajstić information content (AvgIpc) is 3.15. The summed E-state index contributed by atoms with van der Waals surface area (Å²) < 4.78 is 7.79. The molecule has 1 aliphatic heterocycles. The van der Waals surface area contributed by atoms with E-state index in [-0.39, 0.29) is 5.82 Å². The average molecular weight is 420 g/mol. The summed E-state index contributed by atoms with van der Waals surface area (Å²) in [5.41, 5.74) is 3.63. The van der Waals surface area contributed by atoms with Crippen LogP contribution in [0.25, 0.3) is 22.4 Å². The van der Waals surface area contributed by atoms with E-state index in [4.69, 9.17) is 4.74 Å². The third-order valence-corrected chi connectivity index (χ3v) is 6.11. The van der Waals surface area contributed by atoms with Gasteiger partial charge in [0.1, 0.15) is 17.3 Å². The maximum Gasteiger partial charge on any atom is 0.234 e. The van der Waals surface area contributed by atoms with Crippen LogP contribution in [0.15, 0.2) is 18.6 Å². The van der Waals surface area contributed by atoms with Gasteiger partial charge in [-0.1, -0.05) is 0 Å². The Morgan fingerprint density at radius 2 is 2.00 bits per heavy atom. The molecule has 0 aromatic carbocycles. The van der Waals surface area contributed by atoms with Gasteiger partial charge in [-0.2, -0.15) is 10.2 Å². The lowest BCUT2D eigenvalue weighted by atomic mass is 9.93. The zero-order valence-corrected chi connectivity index (χ0v) is 18.7. The molecule has 1 saturated heterocycles. The van der Waals surface area contributed by atoms with Crippen LogP contribution in [0.5, 0.6) is 5.88 Å². The van der Waals surface area contributed by atoms with Gasteiger partial charge in [0.15, 0.2) is 5.65 Å². The number of imidazole rings is 1. The first-order chi connectivity index (χ1) is 15.0. The SMILES string of the molecule is Cc1cc(-c2nc(C#N)nc3c2ncn3C)cnc1OCCC1CCN(C(C)C)CC1. The van der Waals surface area contributed by atoms with Gasteiger partial charge >= 0.3 is 0 Å². The van der Waals surface area contributed by atoms with Gasteiger partial charge in [0, 0.05) is 30.4 Å². The molecule has 0 bridgehead atoms. The largest absolute Gasteiger partial charge is 0.477 e. The Balaban J connectivity index is 1.44. The highest BCUT2D eigenvalue weighted by atomic mass is 16.5. The lowest BCUT2D eigenvalue weighted by Gasteiger charge is -2.34. The number of aromatic nitrogens is 5. The van der Waals surface area contributed by atoms with Gasteiger partial charge in [-0.15, -0.1) is 0 Å². The van der Waals surface area contributed by atoms with Crippen molar-refractivity contribution >= 4 is 11.2 Å². The van der Waals surface area contributed by atoms with Crippen LogP contribution in [0, 0.1) is 24.2 Å². The fraction of sp³-hybridized carbons (Fsp3) is 0.522. The van der Waals surface area contributed by atoms with Crippen LogP contribution in [0.2, 0.25) is 0 Å². The molecule has 8 heteroatoms. The van der Waals surface area contributed by atoms with Gasteiger partial charge in [-0.25, -0.2) is 15.0 Å². The van der Waals surface area contributed by atoms with E-state index in [1.807, 2.05) is 26.1 Å². The standard InChI is InChI=1S/C23H29N7O/c1-15(2)30-8-5-17(6-9-30)7-10-31-23-16(3)11-18(13-25-23)20-21-22(29(4)14-26-21)28-19(12-24)27-20/h11,13-15,17H,5-10H2,1-4H3. The Kier molecular flexibility index (Phi) is 6.14. The van der Waals surface area contributed by atoms with Crippen molar-refractivity contribution in [2.75, 3.05) is 19.7 Å². The number of pyridine rings is 1. The number of piperidine rings is 1. The summed E-state index contributed by atoms with van der Waals surface area (Å²) in [5, 5.41) is 9.30. The monoisotopic (exact) mass is 419 g/mol. The highest BCUT2D eigenvalue weighted by Gasteiger charge is 2.21. The van der Waals surface area contributed by atoms with Crippen LogP contribution in [-0.2, 0) is 7.05 Å². The second-order valence-corrected chi connectivity index (χ2v) is 8.59. The number of aryl methyl sites for hydroxylation is 2. The molecule has 162 valence electrons. The lowest BCUT2D eigenvalue weighted by Crippen LogP contribution is -2.38. The molecule has 0 amide bonds. The molecule has 8 nitrogen and oxygen atoms in total. The molecule has 1 aliphatic rings. The maximum absolute atomic E-state index is 9.30. The van der Waals surface area contributed by atoms with E-state index in [1.54, 1.807) is 17.1 Å². The third-order valence-electron chi connectivity index (χ3n) is 6.11. The Morgan fingerprint density at radius 3 is 2.68 bits per heavy atom. The molecule has 0 N–H and O–H groups in total. The number of nitriles is 1. The molecule has 3 aromatic rings. The summed E-state index contributed by atoms with van der Waals surface area (Å²) in [4.78, 5) is 20.1. The minimum Gasteiger partial charge on any atom is -0.477 e. The number of nitrogens with zero attached hydrogens (tertiary/aromatic N) is 7. The van der Waals surface area contributed by atoms with E-state index in [9.17, 15) is 5.26 Å². The predicted molar refractivity (Wildman–Crippen MR) is 119 cm³/mol. The Morgan fingerprint density at radius 1 is 1.23 bits per heavy atom. The zero-order chi connectivity index (χ0) is 22.0. The molecular formula is C23H29N7O. The Labute approximate surface area is 182 Å². The lowest BCUT2D eigenvalue weighted by molar-refractivity contribution is 0.135. The molecule has 0 aliphatic carbocycles. The summed E-state index contributed by atoms with van der Waals surface area (Å²) in [6, 6.07) is 4.65. The minimum absolute atomic E-state index is 0.118. The molecule has 3 aromatic heterocycles. The molecule has 0 spiro atoms. The molecule has 1 fully saturated rings. The van der Waals surface area contributed by atoms with Gasteiger partial charge in [-0.3, -0.25) is 0 Å². The second kappa shape index (κ2) is 8.98. The first-order valence-corrected chi connectivity index (χ1v) is 10.9. The Hall–Kier alpha value is -3.05. The maximum atomic E-state index is 9.30. The summed E-state index contributed by atoms with van der Waals surface area (Å²) in [7, 11) is 1.85. The van der Waals surface area contributed by atoms with Crippen molar-refractivity contribution in [1.29, 1.82) is 5.26 Å². The van der Waals surface area contributed by atoms with Crippen LogP contribution < -0.4 is 4.74 Å². The van der Waals surface area contributed by atoms with Crippen molar-refractivity contribution in [3.63, 3.8) is 0 Å². The third kappa shape index (κ3) is 4.52. The number of hydrogen-bond acceptors (Lipinski definition) is 7. The highest BCUT2D eigenvalue weighted by Crippen LogP contribution is 2.28. The van der Waals surface area contributed by atoms with Crippen molar-refractivity contribution < 1.29 is 4.74 Å². The summed E-state index contributed by atoms with van der Waals surface area (Å²) >= 11 is 0. The van der Waals surface area contributed by atoms with E-state index in [1.165, 1.54) is 25.9 Å². The van der Waals surface area contributed by atoms with Gasteiger partial charge in [0.25, 0.3) is 0 Å². The number of rotatable bonds is 6. The molecule has 0 saturated carbocycles. The van der Waals surface area contributed by atoms with E-state index in [2.05, 4.69) is 38.7 Å². The smallest absolute Gasteiger partial charge is 0.234 e. The summed E-state index contributed by atoms with van der Waals surface area (Å²) in [6.07, 6.45) is 6.94. The van der Waals surface area contributed by atoms with Gasteiger partial charge in [-0.05, 0) is 65.1 Å². The van der Waals surface area contributed by atoms with Crippen molar-refractivity contribution in [2.45, 2.75) is 46.1 Å². The van der Waals surface area contributed by atoms with Crippen molar-refractivity contribution in [3.05, 3.63) is 30.0 Å². The molecule has 4 heterocycles. The molecule has 4 rings (SSSR count). The van der Waals surface area contributed by atoms with E-state index < -0.39 is 0 Å². The van der Waals surface area contributed by atoms with Crippen LogP contribution >= 0.6 is 0 Å². The number of ether oxygens (including phenoxy) is 1. The van der Waals surface area contributed by atoms with Crippen LogP contribution in [0.3, 0.4) is 0 Å². The predicted octanol–water partition coefficient (Wildman–Crippen LogP) is 3.49. The van der Waals surface area contributed by atoms with E-state index >= 15 is 0 Å². The van der Waals surface area contributed by atoms with Crippen LogP contribution in [0.4, 0.5) is 0 Å². The fourth-order valence-electron chi connectivity index (χ4n) is 4.18. The summed E-state index contributed by atoms with van der Waals surface area (Å²) in [6.45, 7) is 9.55. The molecule has 31 heavy (non-hydrogen) atoms. The molecule has 0 unspecified atom stereocenters. The minimum atomic E-state index is 0.118. The van der Waals surface area contributed by atoms with E-state index in [0.717, 1.165) is 23.5 Å². The topological polar surface area (TPSA) is 92.8 Å². The number of hydrogen-bond donors (Lipinski definition) is 0. The highest BCUT2D eigenvalue weighted by molar-refractivity contribution is 5.87. The number of likely N-dealkylation sites (tertiary alicyclic amines) is 1. The first-order valence-electron chi connectivity index (χ1n) is 10.9. The van der Waals surface area contributed by atoms with Crippen LogP contribution in [0.1, 0.15) is 44.5 Å². The van der Waals surface area contributed by atoms with Crippen LogP contribution in [-0.4, -0.2) is 55.1 Å². The van der Waals surface area contributed by atoms with Crippen molar-refractivity contribution in [2.24, 2.45) is 13.0 Å². The van der Waals surface area contributed by atoms with Gasteiger partial charge < -0.3 is 14.2 Å². The number of fused-ring (bicyclic) bond motifs is 1. The molecule has 0 atom stereocenters. The molecule has 0 radical (unpaired) electrons. The van der Waals surface area contributed by atoms with Gasteiger partial charge in [0.2, 0.25) is 11.7 Å². The van der Waals surface area contributed by atoms with E-state index in [0.29, 0.717) is 35.4 Å². The fourth-order valence-corrected chi connectivity index (χ4v) is 4.18. The van der Waals surface area contributed by atoms with Gasteiger partial charge in [0.05, 0.1) is 12.9 Å². The second-order valence-electron chi connectivity index (χ2n) is 8.59. The normalized spacial score (nSPS) is 15.5. The zero-order valence-electron chi connectivity index (χ0n) is 18.7. The molecular weight excluding hydrogens is 390 g/mol. The Bertz CT molecular complexity index is 1110.